The standard InChI is InChI=1S/C19H21F3N2O5/c1-12(25)29-16(17(26)27)18(2,3)14-6-4-5-7-15(14)28-10-13-8-9-23-24(13)11-19(20,21)22/h4-9,16H,10-11H2,1-3H3,(H,26,27). The summed E-state index contributed by atoms with van der Waals surface area (Å²) in [7, 11) is 0. The first-order chi connectivity index (χ1) is 13.4. The van der Waals surface area contributed by atoms with Crippen molar-refractivity contribution in [1.29, 1.82) is 0 Å². The smallest absolute Gasteiger partial charge is 0.408 e. The van der Waals surface area contributed by atoms with E-state index in [0.29, 0.717) is 5.56 Å². The summed E-state index contributed by atoms with van der Waals surface area (Å²) in [5, 5.41) is 13.1. The predicted molar refractivity (Wildman–Crippen MR) is 95.3 cm³/mol. The van der Waals surface area contributed by atoms with Crippen LogP contribution in [0.5, 0.6) is 5.75 Å². The van der Waals surface area contributed by atoms with Gasteiger partial charge in [-0.3, -0.25) is 9.48 Å². The van der Waals surface area contributed by atoms with Gasteiger partial charge in [0.15, 0.2) is 0 Å². The van der Waals surface area contributed by atoms with Gasteiger partial charge in [-0.2, -0.15) is 18.3 Å². The molecule has 0 aliphatic rings. The second-order valence-electron chi connectivity index (χ2n) is 6.93. The van der Waals surface area contributed by atoms with Crippen molar-refractivity contribution in [1.82, 2.24) is 9.78 Å². The highest BCUT2D eigenvalue weighted by Crippen LogP contribution is 2.36. The molecule has 0 spiro atoms. The van der Waals surface area contributed by atoms with Crippen LogP contribution < -0.4 is 4.74 Å². The van der Waals surface area contributed by atoms with Crippen LogP contribution in [0.15, 0.2) is 36.5 Å². The lowest BCUT2D eigenvalue weighted by Crippen LogP contribution is -2.43. The number of carboxylic acids is 1. The molecule has 158 valence electrons. The lowest BCUT2D eigenvalue weighted by molar-refractivity contribution is -0.167. The van der Waals surface area contributed by atoms with E-state index < -0.39 is 36.2 Å². The first-order valence-electron chi connectivity index (χ1n) is 8.61. The second kappa shape index (κ2) is 8.54. The van der Waals surface area contributed by atoms with Gasteiger partial charge in [0.25, 0.3) is 0 Å². The monoisotopic (exact) mass is 414 g/mol. The zero-order valence-corrected chi connectivity index (χ0v) is 16.1. The zero-order chi connectivity index (χ0) is 21.8. The first kappa shape index (κ1) is 22.3. The average molecular weight is 414 g/mol. The Balaban J connectivity index is 2.28. The van der Waals surface area contributed by atoms with E-state index in [-0.39, 0.29) is 18.1 Å². The van der Waals surface area contributed by atoms with Gasteiger partial charge in [-0.15, -0.1) is 0 Å². The molecule has 0 aliphatic carbocycles. The van der Waals surface area contributed by atoms with E-state index in [1.54, 1.807) is 38.1 Å². The third-order valence-corrected chi connectivity index (χ3v) is 4.25. The van der Waals surface area contributed by atoms with Gasteiger partial charge in [0.05, 0.1) is 5.69 Å². The Hall–Kier alpha value is -3.04. The summed E-state index contributed by atoms with van der Waals surface area (Å²) in [5.74, 6) is -1.82. The molecule has 1 atom stereocenters. The van der Waals surface area contributed by atoms with Gasteiger partial charge in [-0.25, -0.2) is 4.79 Å². The van der Waals surface area contributed by atoms with E-state index in [4.69, 9.17) is 9.47 Å². The number of nitrogens with zero attached hydrogens (tertiary/aromatic N) is 2. The number of ether oxygens (including phenoxy) is 2. The van der Waals surface area contributed by atoms with E-state index in [1.807, 2.05) is 0 Å². The Morgan fingerprint density at radius 1 is 1.21 bits per heavy atom. The molecule has 0 aliphatic heterocycles. The minimum Gasteiger partial charge on any atom is -0.487 e. The first-order valence-corrected chi connectivity index (χ1v) is 8.61. The number of carboxylic acid groups (broad SMARTS) is 1. The zero-order valence-electron chi connectivity index (χ0n) is 16.1. The van der Waals surface area contributed by atoms with Crippen LogP contribution in [0, 0.1) is 0 Å². The van der Waals surface area contributed by atoms with Crippen LogP contribution >= 0.6 is 0 Å². The van der Waals surface area contributed by atoms with Crippen LogP contribution in [-0.2, 0) is 32.9 Å². The third-order valence-electron chi connectivity index (χ3n) is 4.25. The molecule has 29 heavy (non-hydrogen) atoms. The molecular weight excluding hydrogens is 393 g/mol. The minimum absolute atomic E-state index is 0.199. The molecule has 0 saturated carbocycles. The van der Waals surface area contributed by atoms with Gasteiger partial charge in [-0.1, -0.05) is 32.0 Å². The number of rotatable bonds is 8. The topological polar surface area (TPSA) is 90.7 Å². The molecule has 1 aromatic carbocycles. The maximum Gasteiger partial charge on any atom is 0.408 e. The van der Waals surface area contributed by atoms with Crippen molar-refractivity contribution in [2.75, 3.05) is 0 Å². The van der Waals surface area contributed by atoms with Crippen molar-refractivity contribution < 1.29 is 37.3 Å². The summed E-state index contributed by atoms with van der Waals surface area (Å²) in [5.41, 5.74) is -0.555. The molecule has 1 heterocycles. The quantitative estimate of drug-likeness (QED) is 0.667. The van der Waals surface area contributed by atoms with Crippen LogP contribution in [0.3, 0.4) is 0 Å². The van der Waals surface area contributed by atoms with Crippen LogP contribution in [0.4, 0.5) is 13.2 Å². The number of hydrogen-bond donors (Lipinski definition) is 1. The maximum atomic E-state index is 12.7. The number of benzene rings is 1. The summed E-state index contributed by atoms with van der Waals surface area (Å²) in [6, 6.07) is 7.88. The molecule has 10 heteroatoms. The summed E-state index contributed by atoms with van der Waals surface area (Å²) < 4.78 is 49.4. The molecule has 0 bridgehead atoms. The fourth-order valence-corrected chi connectivity index (χ4v) is 2.88. The number of aromatic nitrogens is 2. The number of carbonyl (C=O) groups excluding carboxylic acids is 1. The van der Waals surface area contributed by atoms with Crippen molar-refractivity contribution >= 4 is 11.9 Å². The molecule has 1 unspecified atom stereocenters. The van der Waals surface area contributed by atoms with Gasteiger partial charge in [0, 0.05) is 24.1 Å². The molecule has 2 aromatic rings. The Morgan fingerprint density at radius 3 is 2.45 bits per heavy atom. The number of alkyl halides is 3. The van der Waals surface area contributed by atoms with Crippen molar-refractivity contribution in [2.24, 2.45) is 0 Å². The number of esters is 1. The van der Waals surface area contributed by atoms with Crippen LogP contribution in [0.25, 0.3) is 0 Å². The van der Waals surface area contributed by atoms with Crippen molar-refractivity contribution in [3.8, 4) is 5.75 Å². The summed E-state index contributed by atoms with van der Waals surface area (Å²) >= 11 is 0. The molecule has 7 nitrogen and oxygen atoms in total. The number of aliphatic carboxylic acids is 1. The Labute approximate surface area is 165 Å². The van der Waals surface area contributed by atoms with Gasteiger partial charge in [-0.05, 0) is 12.1 Å². The fraction of sp³-hybridized carbons (Fsp3) is 0.421. The van der Waals surface area contributed by atoms with Crippen LogP contribution in [0.2, 0.25) is 0 Å². The van der Waals surface area contributed by atoms with E-state index in [1.165, 1.54) is 12.3 Å². The van der Waals surface area contributed by atoms with Crippen molar-refractivity contribution in [3.05, 3.63) is 47.8 Å². The van der Waals surface area contributed by atoms with Gasteiger partial charge in [0.2, 0.25) is 6.10 Å². The van der Waals surface area contributed by atoms with Crippen molar-refractivity contribution in [2.45, 2.75) is 51.6 Å². The molecule has 1 N–H and O–H groups in total. The molecule has 1 aromatic heterocycles. The van der Waals surface area contributed by atoms with Crippen LogP contribution in [-0.4, -0.2) is 39.1 Å². The highest BCUT2D eigenvalue weighted by molar-refractivity contribution is 5.79. The largest absolute Gasteiger partial charge is 0.487 e. The molecule has 0 amide bonds. The Bertz CT molecular complexity index is 877. The third kappa shape index (κ3) is 5.72. The molecule has 2 rings (SSSR count). The van der Waals surface area contributed by atoms with E-state index in [2.05, 4.69) is 5.10 Å². The number of carbonyl (C=O) groups is 2. The maximum absolute atomic E-state index is 12.7. The lowest BCUT2D eigenvalue weighted by Gasteiger charge is -2.32. The molecule has 0 fully saturated rings. The Kier molecular flexibility index (Phi) is 6.55. The van der Waals surface area contributed by atoms with Gasteiger partial charge >= 0.3 is 18.1 Å². The lowest BCUT2D eigenvalue weighted by atomic mass is 9.78. The number of hydrogen-bond acceptors (Lipinski definition) is 5. The highest BCUT2D eigenvalue weighted by atomic mass is 19.4. The summed E-state index contributed by atoms with van der Waals surface area (Å²) in [6.45, 7) is 2.79. The van der Waals surface area contributed by atoms with E-state index in [9.17, 15) is 27.9 Å². The Morgan fingerprint density at radius 2 is 1.86 bits per heavy atom. The molecule has 0 radical (unpaired) electrons. The van der Waals surface area contributed by atoms with Crippen molar-refractivity contribution in [3.63, 3.8) is 0 Å². The summed E-state index contributed by atoms with van der Waals surface area (Å²) in [6.07, 6.45) is -4.68. The minimum atomic E-state index is -4.43. The van der Waals surface area contributed by atoms with E-state index in [0.717, 1.165) is 11.6 Å². The van der Waals surface area contributed by atoms with Gasteiger partial charge < -0.3 is 14.6 Å². The SMILES string of the molecule is CC(=O)OC(C(=O)O)C(C)(C)c1ccccc1OCc1ccnn1CC(F)(F)F. The highest BCUT2D eigenvalue weighted by Gasteiger charge is 2.41. The average Bonchev–Trinajstić information content (AvgIpc) is 3.02. The fourth-order valence-electron chi connectivity index (χ4n) is 2.88. The van der Waals surface area contributed by atoms with Crippen LogP contribution in [0.1, 0.15) is 32.0 Å². The number of halogens is 3. The van der Waals surface area contributed by atoms with E-state index >= 15 is 0 Å². The summed E-state index contributed by atoms with van der Waals surface area (Å²) in [4.78, 5) is 23.0. The predicted octanol–water partition coefficient (Wildman–Crippen LogP) is 3.32. The molecular formula is C19H21F3N2O5. The van der Waals surface area contributed by atoms with Gasteiger partial charge in [0.1, 0.15) is 18.9 Å². The number of para-hydroxylation sites is 1. The normalized spacial score (nSPS) is 13.0. The second-order valence-corrected chi connectivity index (χ2v) is 6.93. The molecule has 0 saturated heterocycles.